The van der Waals surface area contributed by atoms with Crippen LogP contribution in [0.2, 0.25) is 5.02 Å². The molecule has 0 fully saturated rings. The fraction of sp³-hybridized carbons (Fsp3) is 0.200. The van der Waals surface area contributed by atoms with E-state index in [4.69, 9.17) is 16.3 Å². The minimum atomic E-state index is -0.510. The molecule has 2 aromatic carbocycles. The van der Waals surface area contributed by atoms with E-state index in [9.17, 15) is 10.1 Å². The first kappa shape index (κ1) is 17.8. The van der Waals surface area contributed by atoms with Gasteiger partial charge in [0.2, 0.25) is 0 Å². The molecule has 6 heteroatoms. The Kier molecular flexibility index (Phi) is 5.15. The third-order valence-electron chi connectivity index (χ3n) is 4.30. The lowest BCUT2D eigenvalue weighted by molar-refractivity contribution is -0.112. The molecule has 1 aliphatic rings. The summed E-state index contributed by atoms with van der Waals surface area (Å²) in [5.41, 5.74) is 2.64. The number of nitrogens with zero attached hydrogens (tertiary/aromatic N) is 2. The van der Waals surface area contributed by atoms with Gasteiger partial charge in [0.15, 0.2) is 0 Å². The summed E-state index contributed by atoms with van der Waals surface area (Å²) in [5.74, 6) is -0.0374. The van der Waals surface area contributed by atoms with Crippen molar-refractivity contribution >= 4 is 28.9 Å². The van der Waals surface area contributed by atoms with Gasteiger partial charge in [-0.25, -0.2) is 0 Å². The number of hydrogen-bond acceptors (Lipinski definition) is 4. The maximum Gasteiger partial charge on any atom is 0.267 e. The minimum Gasteiger partial charge on any atom is -0.495 e. The summed E-state index contributed by atoms with van der Waals surface area (Å²) in [5, 5.41) is 12.7. The van der Waals surface area contributed by atoms with Crippen LogP contribution in [-0.4, -0.2) is 19.1 Å². The first-order chi connectivity index (χ1) is 12.5. The van der Waals surface area contributed by atoms with E-state index in [2.05, 4.69) is 18.3 Å². The van der Waals surface area contributed by atoms with Crippen LogP contribution in [0, 0.1) is 11.3 Å². The van der Waals surface area contributed by atoms with E-state index in [1.165, 1.54) is 12.7 Å². The first-order valence-electron chi connectivity index (χ1n) is 8.16. The molecule has 0 radical (unpaired) electrons. The monoisotopic (exact) mass is 367 g/mol. The number of nitriles is 1. The Morgan fingerprint density at radius 3 is 2.88 bits per heavy atom. The number of benzene rings is 2. The van der Waals surface area contributed by atoms with Crippen molar-refractivity contribution in [3.63, 3.8) is 0 Å². The van der Waals surface area contributed by atoms with Crippen LogP contribution in [0.5, 0.6) is 5.75 Å². The molecular weight excluding hydrogens is 350 g/mol. The third-order valence-corrected chi connectivity index (χ3v) is 4.54. The Morgan fingerprint density at radius 1 is 1.38 bits per heavy atom. The van der Waals surface area contributed by atoms with Gasteiger partial charge >= 0.3 is 0 Å². The number of carbonyl (C=O) groups is 1. The minimum absolute atomic E-state index is 0.00980. The highest BCUT2D eigenvalue weighted by atomic mass is 35.5. The molecule has 132 valence electrons. The molecule has 5 nitrogen and oxygen atoms in total. The van der Waals surface area contributed by atoms with Crippen LogP contribution in [0.4, 0.5) is 11.4 Å². The van der Waals surface area contributed by atoms with Gasteiger partial charge in [-0.2, -0.15) is 5.26 Å². The summed E-state index contributed by atoms with van der Waals surface area (Å²) in [4.78, 5) is 14.6. The molecule has 0 aromatic heterocycles. The van der Waals surface area contributed by atoms with Crippen molar-refractivity contribution in [1.29, 1.82) is 5.26 Å². The SMILES string of the molecule is COc1ccc(Cl)cc1NC(=O)/C(C#N)=C\N1c2ccccc2CC1C. The Labute approximate surface area is 157 Å². The second kappa shape index (κ2) is 7.51. The van der Waals surface area contributed by atoms with E-state index in [-0.39, 0.29) is 11.6 Å². The van der Waals surface area contributed by atoms with E-state index < -0.39 is 5.91 Å². The molecule has 0 aliphatic carbocycles. The smallest absolute Gasteiger partial charge is 0.267 e. The van der Waals surface area contributed by atoms with Crippen molar-refractivity contribution in [2.24, 2.45) is 0 Å². The maximum absolute atomic E-state index is 12.6. The van der Waals surface area contributed by atoms with E-state index in [1.807, 2.05) is 29.2 Å². The van der Waals surface area contributed by atoms with Crippen LogP contribution in [-0.2, 0) is 11.2 Å². The number of para-hydroxylation sites is 1. The highest BCUT2D eigenvalue weighted by Gasteiger charge is 2.25. The molecule has 1 aliphatic heterocycles. The molecule has 1 N–H and O–H groups in total. The van der Waals surface area contributed by atoms with E-state index >= 15 is 0 Å². The fourth-order valence-corrected chi connectivity index (χ4v) is 3.20. The van der Waals surface area contributed by atoms with Crippen LogP contribution in [0.1, 0.15) is 12.5 Å². The molecule has 0 saturated heterocycles. The summed E-state index contributed by atoms with van der Waals surface area (Å²) in [6, 6.07) is 15.0. The normalized spacial score (nSPS) is 16.0. The summed E-state index contributed by atoms with van der Waals surface area (Å²) in [6.45, 7) is 2.06. The van der Waals surface area contributed by atoms with E-state index in [0.717, 1.165) is 12.1 Å². The summed E-state index contributed by atoms with van der Waals surface area (Å²) in [6.07, 6.45) is 2.47. The fourth-order valence-electron chi connectivity index (χ4n) is 3.03. The van der Waals surface area contributed by atoms with Gasteiger partial charge in [-0.15, -0.1) is 0 Å². The summed E-state index contributed by atoms with van der Waals surface area (Å²) in [7, 11) is 1.50. The van der Waals surface area contributed by atoms with Crippen LogP contribution < -0.4 is 15.0 Å². The molecule has 1 atom stereocenters. The second-order valence-electron chi connectivity index (χ2n) is 6.04. The van der Waals surface area contributed by atoms with Crippen LogP contribution in [0.25, 0.3) is 0 Å². The van der Waals surface area contributed by atoms with Crippen molar-refractivity contribution in [1.82, 2.24) is 0 Å². The van der Waals surface area contributed by atoms with E-state index in [0.29, 0.717) is 16.5 Å². The summed E-state index contributed by atoms with van der Waals surface area (Å²) < 4.78 is 5.23. The summed E-state index contributed by atoms with van der Waals surface area (Å²) >= 11 is 5.99. The van der Waals surface area contributed by atoms with Crippen molar-refractivity contribution in [3.8, 4) is 11.8 Å². The number of halogens is 1. The number of amides is 1. The Balaban J connectivity index is 1.88. The highest BCUT2D eigenvalue weighted by Crippen LogP contribution is 2.33. The van der Waals surface area contributed by atoms with Crippen LogP contribution >= 0.6 is 11.6 Å². The molecule has 0 spiro atoms. The average molecular weight is 368 g/mol. The molecule has 0 saturated carbocycles. The molecule has 0 bridgehead atoms. The van der Waals surface area contributed by atoms with Crippen molar-refractivity contribution < 1.29 is 9.53 Å². The topological polar surface area (TPSA) is 65.4 Å². The Bertz CT molecular complexity index is 918. The van der Waals surface area contributed by atoms with Crippen molar-refractivity contribution in [2.45, 2.75) is 19.4 Å². The number of anilines is 2. The standard InChI is InChI=1S/C20H18ClN3O2/c1-13-9-14-5-3-4-6-18(14)24(13)12-15(11-22)20(25)23-17-10-16(21)7-8-19(17)26-2/h3-8,10,12-13H,9H2,1-2H3,(H,23,25)/b15-12-. The van der Waals surface area contributed by atoms with Gasteiger partial charge in [0.1, 0.15) is 17.4 Å². The molecule has 26 heavy (non-hydrogen) atoms. The zero-order chi connectivity index (χ0) is 18.7. The van der Waals surface area contributed by atoms with Crippen molar-refractivity contribution in [2.75, 3.05) is 17.3 Å². The van der Waals surface area contributed by atoms with Gasteiger partial charge in [-0.1, -0.05) is 29.8 Å². The van der Waals surface area contributed by atoms with E-state index in [1.54, 1.807) is 24.4 Å². The molecule has 1 amide bonds. The van der Waals surface area contributed by atoms with Gasteiger partial charge in [-0.3, -0.25) is 4.79 Å². The number of methoxy groups -OCH3 is 1. The molecule has 2 aromatic rings. The van der Waals surface area contributed by atoms with Crippen molar-refractivity contribution in [3.05, 3.63) is 64.8 Å². The lowest BCUT2D eigenvalue weighted by Gasteiger charge is -2.20. The maximum atomic E-state index is 12.6. The average Bonchev–Trinajstić information content (AvgIpc) is 2.95. The zero-order valence-electron chi connectivity index (χ0n) is 14.5. The quantitative estimate of drug-likeness (QED) is 0.651. The van der Waals surface area contributed by atoms with Gasteiger partial charge in [0.25, 0.3) is 5.91 Å². The Hall–Kier alpha value is -2.97. The molecule has 1 unspecified atom stereocenters. The highest BCUT2D eigenvalue weighted by molar-refractivity contribution is 6.31. The lowest BCUT2D eigenvalue weighted by atomic mass is 10.1. The van der Waals surface area contributed by atoms with Crippen LogP contribution in [0.3, 0.4) is 0 Å². The largest absolute Gasteiger partial charge is 0.495 e. The van der Waals surface area contributed by atoms with Crippen LogP contribution in [0.15, 0.2) is 54.2 Å². The number of fused-ring (bicyclic) bond motifs is 1. The number of rotatable bonds is 4. The predicted molar refractivity (Wildman–Crippen MR) is 102 cm³/mol. The number of hydrogen-bond donors (Lipinski definition) is 1. The first-order valence-corrected chi connectivity index (χ1v) is 8.54. The molecular formula is C20H18ClN3O2. The third kappa shape index (κ3) is 3.51. The zero-order valence-corrected chi connectivity index (χ0v) is 15.2. The van der Waals surface area contributed by atoms with Gasteiger partial charge in [0, 0.05) is 23.0 Å². The van der Waals surface area contributed by atoms with Gasteiger partial charge in [-0.05, 0) is 43.2 Å². The second-order valence-corrected chi connectivity index (χ2v) is 6.48. The predicted octanol–water partition coefficient (Wildman–Crippen LogP) is 4.15. The molecule has 1 heterocycles. The van der Waals surface area contributed by atoms with Gasteiger partial charge < -0.3 is 15.0 Å². The number of nitrogens with one attached hydrogen (secondary N) is 1. The number of ether oxygens (including phenoxy) is 1. The van der Waals surface area contributed by atoms with Gasteiger partial charge in [0.05, 0.1) is 12.8 Å². The molecule has 3 rings (SSSR count). The Morgan fingerprint density at radius 2 is 2.15 bits per heavy atom. The number of carbonyl (C=O) groups excluding carboxylic acids is 1. The lowest BCUT2D eigenvalue weighted by Crippen LogP contribution is -2.26.